The van der Waals surface area contributed by atoms with Crippen LogP contribution in [-0.4, -0.2) is 40.9 Å². The molecule has 6 heteroatoms. The summed E-state index contributed by atoms with van der Waals surface area (Å²) in [5.41, 5.74) is -0.164. The van der Waals surface area contributed by atoms with E-state index in [4.69, 9.17) is 21.8 Å². The van der Waals surface area contributed by atoms with E-state index in [-0.39, 0.29) is 17.3 Å². The number of anilines is 1. The first-order valence-electron chi connectivity index (χ1n) is 5.35. The second-order valence-electron chi connectivity index (χ2n) is 3.52. The number of aromatic carboxylic acids is 1. The number of pyridine rings is 1. The fraction of sp³-hybridized carbons (Fsp3) is 0.455. The Morgan fingerprint density at radius 2 is 2.18 bits per heavy atom. The molecule has 0 radical (unpaired) electrons. The van der Waals surface area contributed by atoms with Crippen molar-refractivity contribution in [3.8, 4) is 0 Å². The molecule has 0 amide bonds. The van der Waals surface area contributed by atoms with Crippen LogP contribution in [0.1, 0.15) is 23.8 Å². The van der Waals surface area contributed by atoms with Crippen molar-refractivity contribution in [3.63, 3.8) is 0 Å². The molecule has 17 heavy (non-hydrogen) atoms. The van der Waals surface area contributed by atoms with Gasteiger partial charge in [-0.25, -0.2) is 9.78 Å². The number of hydrogen-bond donors (Lipinski definition) is 2. The van der Waals surface area contributed by atoms with Crippen molar-refractivity contribution in [2.75, 3.05) is 24.6 Å². The first kappa shape index (κ1) is 13.7. The van der Waals surface area contributed by atoms with Crippen LogP contribution in [0.15, 0.2) is 12.1 Å². The van der Waals surface area contributed by atoms with Gasteiger partial charge in [0, 0.05) is 13.1 Å². The van der Waals surface area contributed by atoms with Gasteiger partial charge >= 0.3 is 5.97 Å². The highest BCUT2D eigenvalue weighted by atomic mass is 35.5. The van der Waals surface area contributed by atoms with Gasteiger partial charge < -0.3 is 15.1 Å². The highest BCUT2D eigenvalue weighted by Crippen LogP contribution is 2.19. The Labute approximate surface area is 105 Å². The van der Waals surface area contributed by atoms with Gasteiger partial charge in [-0.15, -0.1) is 0 Å². The Balaban J connectivity index is 3.03. The summed E-state index contributed by atoms with van der Waals surface area (Å²) in [5.74, 6) is -0.639. The third-order valence-electron chi connectivity index (χ3n) is 2.22. The van der Waals surface area contributed by atoms with Crippen LogP contribution in [0.5, 0.6) is 0 Å². The van der Waals surface area contributed by atoms with E-state index in [1.54, 1.807) is 6.07 Å². The van der Waals surface area contributed by atoms with Crippen LogP contribution in [0.4, 0.5) is 5.82 Å². The number of nitrogens with zero attached hydrogens (tertiary/aromatic N) is 2. The maximum absolute atomic E-state index is 10.9. The van der Waals surface area contributed by atoms with Gasteiger partial charge in [0.05, 0.1) is 11.6 Å². The summed E-state index contributed by atoms with van der Waals surface area (Å²) < 4.78 is 0. The zero-order valence-electron chi connectivity index (χ0n) is 9.56. The number of halogens is 1. The lowest BCUT2D eigenvalue weighted by Gasteiger charge is -2.22. The summed E-state index contributed by atoms with van der Waals surface area (Å²) in [5, 5.41) is 18.0. The minimum atomic E-state index is -1.16. The van der Waals surface area contributed by atoms with Gasteiger partial charge in [-0.05, 0) is 18.6 Å². The molecule has 0 spiro atoms. The van der Waals surface area contributed by atoms with Gasteiger partial charge in [0.15, 0.2) is 5.69 Å². The molecule has 0 aliphatic heterocycles. The van der Waals surface area contributed by atoms with Crippen molar-refractivity contribution in [3.05, 3.63) is 22.8 Å². The van der Waals surface area contributed by atoms with E-state index in [1.807, 2.05) is 11.8 Å². The van der Waals surface area contributed by atoms with Crippen LogP contribution in [0, 0.1) is 0 Å². The molecule has 1 rings (SSSR count). The number of hydrogen-bond acceptors (Lipinski definition) is 4. The smallest absolute Gasteiger partial charge is 0.356 e. The largest absolute Gasteiger partial charge is 0.476 e. The molecule has 0 saturated heterocycles. The molecule has 1 heterocycles. The summed E-state index contributed by atoms with van der Waals surface area (Å²) in [7, 11) is 0. The quantitative estimate of drug-likeness (QED) is 0.812. The van der Waals surface area contributed by atoms with Crippen LogP contribution in [0.3, 0.4) is 0 Å². The second-order valence-corrected chi connectivity index (χ2v) is 3.92. The lowest BCUT2D eigenvalue weighted by molar-refractivity contribution is 0.0691. The van der Waals surface area contributed by atoms with Gasteiger partial charge in [-0.3, -0.25) is 0 Å². The SMILES string of the molecule is CCCN(CCO)c1ccc(Cl)c(C(=O)O)n1. The van der Waals surface area contributed by atoms with Crippen LogP contribution in [-0.2, 0) is 0 Å². The Hall–Kier alpha value is -1.33. The number of carboxylic acid groups (broad SMARTS) is 1. The highest BCUT2D eigenvalue weighted by molar-refractivity contribution is 6.33. The van der Waals surface area contributed by atoms with Crippen molar-refractivity contribution in [1.82, 2.24) is 4.98 Å². The predicted octanol–water partition coefficient (Wildman–Crippen LogP) is 1.64. The van der Waals surface area contributed by atoms with Gasteiger partial charge in [-0.1, -0.05) is 18.5 Å². The maximum Gasteiger partial charge on any atom is 0.356 e. The molecule has 5 nitrogen and oxygen atoms in total. The van der Waals surface area contributed by atoms with Crippen LogP contribution < -0.4 is 4.90 Å². The molecular weight excluding hydrogens is 244 g/mol. The lowest BCUT2D eigenvalue weighted by atomic mass is 10.3. The molecule has 0 aromatic carbocycles. The predicted molar refractivity (Wildman–Crippen MR) is 65.8 cm³/mol. The van der Waals surface area contributed by atoms with Crippen molar-refractivity contribution in [2.24, 2.45) is 0 Å². The lowest BCUT2D eigenvalue weighted by Crippen LogP contribution is -2.28. The van der Waals surface area contributed by atoms with Crippen LogP contribution >= 0.6 is 11.6 Å². The minimum absolute atomic E-state index is 0.00723. The van der Waals surface area contributed by atoms with Crippen molar-refractivity contribution >= 4 is 23.4 Å². The molecule has 94 valence electrons. The third kappa shape index (κ3) is 3.57. The monoisotopic (exact) mass is 258 g/mol. The Bertz CT molecular complexity index is 392. The number of aliphatic hydroxyl groups excluding tert-OH is 1. The third-order valence-corrected chi connectivity index (χ3v) is 2.53. The number of carboxylic acids is 1. The van der Waals surface area contributed by atoms with Crippen molar-refractivity contribution in [2.45, 2.75) is 13.3 Å². The zero-order valence-corrected chi connectivity index (χ0v) is 10.3. The molecule has 0 aliphatic rings. The number of rotatable bonds is 6. The standard InChI is InChI=1S/C11H15ClN2O3/c1-2-5-14(6-7-15)9-4-3-8(12)10(13-9)11(16)17/h3-4,15H,2,5-7H2,1H3,(H,16,17). The van der Waals surface area contributed by atoms with E-state index >= 15 is 0 Å². The van der Waals surface area contributed by atoms with Gasteiger partial charge in [-0.2, -0.15) is 0 Å². The molecule has 1 aromatic heterocycles. The summed E-state index contributed by atoms with van der Waals surface area (Å²) in [4.78, 5) is 16.7. The molecular formula is C11H15ClN2O3. The Morgan fingerprint density at radius 1 is 1.47 bits per heavy atom. The Kier molecular flexibility index (Phi) is 5.18. The van der Waals surface area contributed by atoms with Crippen molar-refractivity contribution < 1.29 is 15.0 Å². The molecule has 0 bridgehead atoms. The van der Waals surface area contributed by atoms with E-state index < -0.39 is 5.97 Å². The first-order valence-corrected chi connectivity index (χ1v) is 5.73. The molecule has 0 aliphatic carbocycles. The average molecular weight is 259 g/mol. The van der Waals surface area contributed by atoms with Gasteiger partial charge in [0.1, 0.15) is 5.82 Å². The number of aliphatic hydroxyl groups is 1. The van der Waals surface area contributed by atoms with E-state index in [9.17, 15) is 4.79 Å². The maximum atomic E-state index is 10.9. The van der Waals surface area contributed by atoms with Gasteiger partial charge in [0.2, 0.25) is 0 Å². The average Bonchev–Trinajstić information content (AvgIpc) is 2.29. The van der Waals surface area contributed by atoms with Gasteiger partial charge in [0.25, 0.3) is 0 Å². The number of carbonyl (C=O) groups is 1. The van der Waals surface area contributed by atoms with Crippen LogP contribution in [0.25, 0.3) is 0 Å². The molecule has 0 saturated carbocycles. The summed E-state index contributed by atoms with van der Waals surface area (Å²) in [6.07, 6.45) is 0.882. The summed E-state index contributed by atoms with van der Waals surface area (Å²) in [6.45, 7) is 3.11. The first-order chi connectivity index (χ1) is 8.10. The molecule has 1 aromatic rings. The van der Waals surface area contributed by atoms with E-state index in [1.165, 1.54) is 6.07 Å². The van der Waals surface area contributed by atoms with E-state index in [2.05, 4.69) is 4.98 Å². The molecule has 2 N–H and O–H groups in total. The van der Waals surface area contributed by atoms with E-state index in [0.717, 1.165) is 6.42 Å². The fourth-order valence-corrected chi connectivity index (χ4v) is 1.68. The molecule has 0 unspecified atom stereocenters. The Morgan fingerprint density at radius 3 is 2.71 bits per heavy atom. The van der Waals surface area contributed by atoms with E-state index in [0.29, 0.717) is 18.9 Å². The normalized spacial score (nSPS) is 10.3. The molecule has 0 atom stereocenters. The van der Waals surface area contributed by atoms with Crippen molar-refractivity contribution in [1.29, 1.82) is 0 Å². The summed E-state index contributed by atoms with van der Waals surface area (Å²) in [6, 6.07) is 3.16. The fourth-order valence-electron chi connectivity index (χ4n) is 1.49. The molecule has 0 fully saturated rings. The summed E-state index contributed by atoms with van der Waals surface area (Å²) >= 11 is 5.74. The topological polar surface area (TPSA) is 73.7 Å². The highest BCUT2D eigenvalue weighted by Gasteiger charge is 2.14. The zero-order chi connectivity index (χ0) is 12.8. The second kappa shape index (κ2) is 6.42. The number of aromatic nitrogens is 1. The van der Waals surface area contributed by atoms with Crippen LogP contribution in [0.2, 0.25) is 5.02 Å². The minimum Gasteiger partial charge on any atom is -0.476 e.